The molecular weight excluding hydrogens is 344 g/mol. The van der Waals surface area contributed by atoms with Crippen LogP contribution in [0.2, 0.25) is 0 Å². The van der Waals surface area contributed by atoms with E-state index >= 15 is 0 Å². The molecule has 2 amide bonds. The summed E-state index contributed by atoms with van der Waals surface area (Å²) in [6.07, 6.45) is 5.18. The summed E-state index contributed by atoms with van der Waals surface area (Å²) < 4.78 is 1.85. The van der Waals surface area contributed by atoms with E-state index in [1.807, 2.05) is 41.2 Å². The van der Waals surface area contributed by atoms with Crippen LogP contribution in [0.1, 0.15) is 28.8 Å². The van der Waals surface area contributed by atoms with Crippen LogP contribution in [-0.4, -0.2) is 56.8 Å². The van der Waals surface area contributed by atoms with Gasteiger partial charge in [0.1, 0.15) is 0 Å². The number of fused-ring (bicyclic) bond motifs is 1. The molecule has 0 radical (unpaired) electrons. The average Bonchev–Trinajstić information content (AvgIpc) is 3.28. The Balaban J connectivity index is 1.31. The van der Waals surface area contributed by atoms with Gasteiger partial charge in [0.15, 0.2) is 0 Å². The van der Waals surface area contributed by atoms with E-state index in [1.165, 1.54) is 0 Å². The van der Waals surface area contributed by atoms with E-state index in [0.717, 1.165) is 18.5 Å². The van der Waals surface area contributed by atoms with Crippen molar-refractivity contribution in [3.05, 3.63) is 53.9 Å². The van der Waals surface area contributed by atoms with Crippen molar-refractivity contribution in [2.24, 2.45) is 5.92 Å². The molecule has 1 saturated carbocycles. The SMILES string of the molecule is O=C(CN1CCc2ccccc2C1=O)N[C@@H]1CC(Cn2cccn2)C[C@H]1O. The van der Waals surface area contributed by atoms with Gasteiger partial charge in [-0.2, -0.15) is 5.10 Å². The van der Waals surface area contributed by atoms with Crippen molar-refractivity contribution in [2.45, 2.75) is 38.0 Å². The van der Waals surface area contributed by atoms with Gasteiger partial charge in [0.2, 0.25) is 5.91 Å². The van der Waals surface area contributed by atoms with E-state index in [-0.39, 0.29) is 30.3 Å². The van der Waals surface area contributed by atoms with Gasteiger partial charge in [-0.15, -0.1) is 0 Å². The van der Waals surface area contributed by atoms with Crippen molar-refractivity contribution in [3.8, 4) is 0 Å². The van der Waals surface area contributed by atoms with Crippen LogP contribution in [-0.2, 0) is 17.8 Å². The normalized spacial score (nSPS) is 24.7. The molecule has 2 aromatic rings. The number of carbonyl (C=O) groups is 2. The zero-order valence-corrected chi connectivity index (χ0v) is 15.1. The van der Waals surface area contributed by atoms with Crippen LogP contribution >= 0.6 is 0 Å². The number of hydrogen-bond acceptors (Lipinski definition) is 4. The Morgan fingerprint density at radius 1 is 1.26 bits per heavy atom. The molecular formula is C20H24N4O3. The minimum absolute atomic E-state index is 0.0280. The molecule has 2 N–H and O–H groups in total. The smallest absolute Gasteiger partial charge is 0.254 e. The van der Waals surface area contributed by atoms with E-state index in [0.29, 0.717) is 24.9 Å². The van der Waals surface area contributed by atoms with Gasteiger partial charge in [0, 0.05) is 31.0 Å². The predicted octanol–water partition coefficient (Wildman–Crippen LogP) is 0.837. The highest BCUT2D eigenvalue weighted by Gasteiger charge is 2.35. The van der Waals surface area contributed by atoms with Crippen molar-refractivity contribution in [2.75, 3.05) is 13.1 Å². The van der Waals surface area contributed by atoms with Crippen molar-refractivity contribution < 1.29 is 14.7 Å². The van der Waals surface area contributed by atoms with Gasteiger partial charge < -0.3 is 15.3 Å². The molecule has 27 heavy (non-hydrogen) atoms. The van der Waals surface area contributed by atoms with E-state index < -0.39 is 6.10 Å². The summed E-state index contributed by atoms with van der Waals surface area (Å²) in [5, 5.41) is 17.4. The first kappa shape index (κ1) is 17.7. The summed E-state index contributed by atoms with van der Waals surface area (Å²) in [7, 11) is 0. The third-order valence-electron chi connectivity index (χ3n) is 5.50. The highest BCUT2D eigenvalue weighted by molar-refractivity contribution is 5.98. The minimum Gasteiger partial charge on any atom is -0.391 e. The Bertz CT molecular complexity index is 820. The van der Waals surface area contributed by atoms with Crippen LogP contribution in [0.3, 0.4) is 0 Å². The number of nitrogens with one attached hydrogen (secondary N) is 1. The third-order valence-corrected chi connectivity index (χ3v) is 5.50. The second-order valence-corrected chi connectivity index (χ2v) is 7.44. The zero-order valence-electron chi connectivity index (χ0n) is 15.1. The van der Waals surface area contributed by atoms with Crippen LogP contribution < -0.4 is 5.32 Å². The monoisotopic (exact) mass is 368 g/mol. The Hall–Kier alpha value is -2.67. The van der Waals surface area contributed by atoms with E-state index in [4.69, 9.17) is 0 Å². The second kappa shape index (κ2) is 7.52. The molecule has 0 spiro atoms. The number of benzene rings is 1. The Morgan fingerprint density at radius 2 is 2.11 bits per heavy atom. The van der Waals surface area contributed by atoms with Gasteiger partial charge in [-0.1, -0.05) is 18.2 Å². The van der Waals surface area contributed by atoms with Gasteiger partial charge >= 0.3 is 0 Å². The molecule has 1 aliphatic heterocycles. The molecule has 1 unspecified atom stereocenters. The lowest BCUT2D eigenvalue weighted by atomic mass is 9.99. The molecule has 1 fully saturated rings. The quantitative estimate of drug-likeness (QED) is 0.819. The Kier molecular flexibility index (Phi) is 4.94. The number of rotatable bonds is 5. The van der Waals surface area contributed by atoms with Crippen molar-refractivity contribution in [1.29, 1.82) is 0 Å². The first-order chi connectivity index (χ1) is 13.1. The lowest BCUT2D eigenvalue weighted by Crippen LogP contribution is -2.48. The minimum atomic E-state index is -0.563. The third kappa shape index (κ3) is 3.88. The first-order valence-corrected chi connectivity index (χ1v) is 9.42. The van der Waals surface area contributed by atoms with Crippen LogP contribution in [0.5, 0.6) is 0 Å². The molecule has 7 heteroatoms. The van der Waals surface area contributed by atoms with Crippen LogP contribution in [0, 0.1) is 5.92 Å². The van der Waals surface area contributed by atoms with Gasteiger partial charge in [0.05, 0.1) is 18.7 Å². The largest absolute Gasteiger partial charge is 0.391 e. The van der Waals surface area contributed by atoms with Gasteiger partial charge in [0.25, 0.3) is 5.91 Å². The molecule has 142 valence electrons. The highest BCUT2D eigenvalue weighted by atomic mass is 16.3. The summed E-state index contributed by atoms with van der Waals surface area (Å²) >= 11 is 0. The molecule has 7 nitrogen and oxygen atoms in total. The molecule has 1 aliphatic carbocycles. The average molecular weight is 368 g/mol. The van der Waals surface area contributed by atoms with Crippen molar-refractivity contribution >= 4 is 11.8 Å². The number of amides is 2. The second-order valence-electron chi connectivity index (χ2n) is 7.44. The molecule has 4 rings (SSSR count). The molecule has 1 aromatic heterocycles. The number of hydrogen-bond donors (Lipinski definition) is 2. The number of carbonyl (C=O) groups excluding carboxylic acids is 2. The van der Waals surface area contributed by atoms with E-state index in [1.54, 1.807) is 11.1 Å². The van der Waals surface area contributed by atoms with Gasteiger partial charge in [-0.25, -0.2) is 0 Å². The lowest BCUT2D eigenvalue weighted by Gasteiger charge is -2.28. The topological polar surface area (TPSA) is 87.5 Å². The van der Waals surface area contributed by atoms with E-state index in [2.05, 4.69) is 10.4 Å². The van der Waals surface area contributed by atoms with E-state index in [9.17, 15) is 14.7 Å². The number of aromatic nitrogens is 2. The van der Waals surface area contributed by atoms with Crippen LogP contribution in [0.25, 0.3) is 0 Å². The van der Waals surface area contributed by atoms with Gasteiger partial charge in [-0.3, -0.25) is 14.3 Å². The maximum absolute atomic E-state index is 12.6. The molecule has 0 saturated heterocycles. The summed E-state index contributed by atoms with van der Waals surface area (Å²) in [5.74, 6) is -0.0456. The first-order valence-electron chi connectivity index (χ1n) is 9.42. The highest BCUT2D eigenvalue weighted by Crippen LogP contribution is 2.27. The number of aliphatic hydroxyl groups excluding tert-OH is 1. The Morgan fingerprint density at radius 3 is 2.93 bits per heavy atom. The summed E-state index contributed by atoms with van der Waals surface area (Å²) in [6.45, 7) is 1.30. The Labute approximate surface area is 158 Å². The van der Waals surface area contributed by atoms with Crippen LogP contribution in [0.15, 0.2) is 42.7 Å². The van der Waals surface area contributed by atoms with Crippen molar-refractivity contribution in [3.63, 3.8) is 0 Å². The zero-order chi connectivity index (χ0) is 18.8. The van der Waals surface area contributed by atoms with Gasteiger partial charge in [-0.05, 0) is 42.9 Å². The van der Waals surface area contributed by atoms with Crippen molar-refractivity contribution in [1.82, 2.24) is 20.0 Å². The predicted molar refractivity (Wildman–Crippen MR) is 98.9 cm³/mol. The standard InChI is InChI=1S/C20H24N4O3/c25-18-11-14(12-24-8-3-7-21-24)10-17(18)22-19(26)13-23-9-6-15-4-1-2-5-16(15)20(23)27/h1-5,7-8,14,17-18,25H,6,9-13H2,(H,22,26)/t14?,17-,18-/m1/s1. The molecule has 0 bridgehead atoms. The fourth-order valence-corrected chi connectivity index (χ4v) is 4.15. The lowest BCUT2D eigenvalue weighted by molar-refractivity contribution is -0.123. The molecule has 2 heterocycles. The maximum Gasteiger partial charge on any atom is 0.254 e. The summed E-state index contributed by atoms with van der Waals surface area (Å²) in [5.41, 5.74) is 1.71. The number of nitrogens with zero attached hydrogens (tertiary/aromatic N) is 3. The summed E-state index contributed by atoms with van der Waals surface area (Å²) in [6, 6.07) is 9.13. The molecule has 1 aromatic carbocycles. The molecule has 3 atom stereocenters. The summed E-state index contributed by atoms with van der Waals surface area (Å²) in [4.78, 5) is 26.6. The fraction of sp³-hybridized carbons (Fsp3) is 0.450. The molecule has 2 aliphatic rings. The van der Waals surface area contributed by atoms with Crippen LogP contribution in [0.4, 0.5) is 0 Å². The number of aliphatic hydroxyl groups is 1. The fourth-order valence-electron chi connectivity index (χ4n) is 4.15. The maximum atomic E-state index is 12.6.